The molecule has 5 heterocycles. The van der Waals surface area contributed by atoms with Crippen molar-refractivity contribution >= 4 is 45.8 Å². The molecule has 254 valence electrons. The van der Waals surface area contributed by atoms with E-state index in [1.165, 1.54) is 24.8 Å². The monoisotopic (exact) mass is 701 g/mol. The molecule has 2 N–H and O–H groups in total. The lowest BCUT2D eigenvalue weighted by Gasteiger charge is -2.37. The minimum absolute atomic E-state index is 0.141. The van der Waals surface area contributed by atoms with Crippen molar-refractivity contribution in [3.8, 4) is 28.3 Å². The summed E-state index contributed by atoms with van der Waals surface area (Å²) in [5, 5.41) is 3.63. The Morgan fingerprint density at radius 3 is 2.71 bits per heavy atom. The Balaban J connectivity index is 1.15. The van der Waals surface area contributed by atoms with Gasteiger partial charge in [-0.3, -0.25) is 9.36 Å². The van der Waals surface area contributed by atoms with Crippen molar-refractivity contribution in [3.63, 3.8) is 0 Å². The zero-order valence-corrected chi connectivity index (χ0v) is 29.3. The lowest BCUT2D eigenvalue weighted by Crippen LogP contribution is -2.55. The van der Waals surface area contributed by atoms with E-state index < -0.39 is 23.9 Å². The van der Waals surface area contributed by atoms with Gasteiger partial charge in [0.05, 0.1) is 40.6 Å². The van der Waals surface area contributed by atoms with Crippen molar-refractivity contribution < 1.29 is 23.5 Å². The number of nitrogens with zero attached hydrogens (tertiary/aromatic N) is 3. The van der Waals surface area contributed by atoms with Crippen LogP contribution in [-0.2, 0) is 15.1 Å². The van der Waals surface area contributed by atoms with Crippen LogP contribution in [0.2, 0.25) is 5.02 Å². The second-order valence-electron chi connectivity index (χ2n) is 13.8. The van der Waals surface area contributed by atoms with Gasteiger partial charge in [0.2, 0.25) is 12.1 Å². The number of likely N-dealkylation sites (tertiary alicyclic amines) is 1. The summed E-state index contributed by atoms with van der Waals surface area (Å²) in [6.07, 6.45) is 4.47. The number of benzene rings is 2. The first-order valence-electron chi connectivity index (χ1n) is 16.7. The van der Waals surface area contributed by atoms with Crippen LogP contribution < -0.4 is 10.1 Å². The summed E-state index contributed by atoms with van der Waals surface area (Å²) in [5.74, 6) is 1.17. The Morgan fingerprint density at radius 2 is 1.96 bits per heavy atom. The van der Waals surface area contributed by atoms with E-state index in [1.807, 2.05) is 54.5 Å². The molecule has 2 fully saturated rings. The number of amides is 2. The van der Waals surface area contributed by atoms with Crippen molar-refractivity contribution in [2.75, 3.05) is 13.7 Å². The Morgan fingerprint density at radius 1 is 1.16 bits per heavy atom. The predicted octanol–water partition coefficient (Wildman–Crippen LogP) is 8.59. The number of hydrogen-bond acceptors (Lipinski definition) is 6. The molecule has 12 heteroatoms. The van der Waals surface area contributed by atoms with Gasteiger partial charge < -0.3 is 24.7 Å². The molecule has 0 radical (unpaired) electrons. The molecular weight excluding hydrogens is 665 g/mol. The molecule has 1 saturated heterocycles. The second-order valence-corrected chi connectivity index (χ2v) is 15.3. The van der Waals surface area contributed by atoms with Crippen LogP contribution in [0.25, 0.3) is 33.4 Å². The van der Waals surface area contributed by atoms with E-state index in [1.54, 1.807) is 29.7 Å². The fraction of sp³-hybridized carbons (Fsp3) is 0.378. The van der Waals surface area contributed by atoms with Gasteiger partial charge in [-0.1, -0.05) is 31.5 Å². The van der Waals surface area contributed by atoms with Crippen LogP contribution in [0.15, 0.2) is 54.7 Å². The first kappa shape index (κ1) is 31.9. The minimum atomic E-state index is -0.735. The predicted molar refractivity (Wildman–Crippen MR) is 187 cm³/mol. The van der Waals surface area contributed by atoms with E-state index in [0.717, 1.165) is 28.1 Å². The number of alkyl carbamates (subject to hydrolysis) is 1. The third-order valence-electron chi connectivity index (χ3n) is 10.2. The Hall–Kier alpha value is -4.35. The van der Waals surface area contributed by atoms with Crippen molar-refractivity contribution in [3.05, 3.63) is 81.1 Å². The number of aromatic nitrogens is 3. The Kier molecular flexibility index (Phi) is 7.75. The van der Waals surface area contributed by atoms with E-state index in [4.69, 9.17) is 26.1 Å². The highest BCUT2D eigenvalue weighted by atomic mass is 35.5. The number of fused-ring (bicyclic) bond motifs is 5. The average molecular weight is 702 g/mol. The zero-order valence-electron chi connectivity index (χ0n) is 27.7. The molecule has 3 atom stereocenters. The molecule has 0 bridgehead atoms. The van der Waals surface area contributed by atoms with Crippen molar-refractivity contribution in [1.82, 2.24) is 24.8 Å². The number of H-pyrrole nitrogens is 1. The smallest absolute Gasteiger partial charge is 0.407 e. The van der Waals surface area contributed by atoms with E-state index >= 15 is 4.39 Å². The third kappa shape index (κ3) is 5.29. The van der Waals surface area contributed by atoms with Gasteiger partial charge >= 0.3 is 6.09 Å². The van der Waals surface area contributed by atoms with E-state index in [9.17, 15) is 9.59 Å². The quantitative estimate of drug-likeness (QED) is 0.177. The average Bonchev–Trinajstić information content (AvgIpc) is 3.42. The minimum Gasteiger partial charge on any atom is -0.464 e. The highest BCUT2D eigenvalue weighted by molar-refractivity contribution is 7.12. The van der Waals surface area contributed by atoms with Gasteiger partial charge in [0.25, 0.3) is 0 Å². The van der Waals surface area contributed by atoms with Crippen molar-refractivity contribution in [2.45, 2.75) is 70.2 Å². The first-order valence-corrected chi connectivity index (χ1v) is 17.9. The molecule has 5 aromatic rings. The van der Waals surface area contributed by atoms with E-state index in [2.05, 4.69) is 22.4 Å². The summed E-state index contributed by atoms with van der Waals surface area (Å²) in [6.45, 7) is 6.33. The number of thiophene rings is 1. The molecule has 9 nitrogen and oxygen atoms in total. The summed E-state index contributed by atoms with van der Waals surface area (Å²) >= 11 is 8.05. The number of imidazole rings is 1. The maximum absolute atomic E-state index is 16.3. The molecule has 49 heavy (non-hydrogen) atoms. The maximum atomic E-state index is 16.3. The first-order chi connectivity index (χ1) is 23.6. The van der Waals surface area contributed by atoms with E-state index in [-0.39, 0.29) is 17.6 Å². The summed E-state index contributed by atoms with van der Waals surface area (Å²) in [6, 6.07) is 14.6. The zero-order chi connectivity index (χ0) is 34.2. The maximum Gasteiger partial charge on any atom is 0.407 e. The summed E-state index contributed by atoms with van der Waals surface area (Å²) in [4.78, 5) is 38.3. The number of rotatable bonds is 7. The van der Waals surface area contributed by atoms with Crippen molar-refractivity contribution in [2.24, 2.45) is 5.92 Å². The Labute approximate surface area is 292 Å². The number of aromatic amines is 1. The molecule has 2 aliphatic heterocycles. The normalized spacial score (nSPS) is 20.6. The molecule has 2 aromatic carbocycles. The molecule has 1 aliphatic carbocycles. The van der Waals surface area contributed by atoms with Gasteiger partial charge in [0.1, 0.15) is 17.6 Å². The molecular formula is C37H37ClFN5O4S. The van der Waals surface area contributed by atoms with Gasteiger partial charge in [-0.2, -0.15) is 0 Å². The number of halogens is 2. The van der Waals surface area contributed by atoms with Crippen molar-refractivity contribution in [1.29, 1.82) is 0 Å². The molecule has 0 spiro atoms. The molecule has 1 saturated carbocycles. The van der Waals surface area contributed by atoms with Gasteiger partial charge in [-0.05, 0) is 86.9 Å². The number of hydrogen-bond donors (Lipinski definition) is 2. The van der Waals surface area contributed by atoms with Crippen LogP contribution in [0.4, 0.5) is 9.18 Å². The SMILES string of the molecule is COC(=O)NC(C(=O)N1CCC[C@@]1(C)c1ncc(-c2ccc3c(c2)OC(c2ccc(C4CC4)s2)n2c-3c(F)c3cc(Cl)ccc32)[nH]1)C(C)C. The highest BCUT2D eigenvalue weighted by Gasteiger charge is 2.46. The Bertz CT molecular complexity index is 2120. The standard InChI is InChI=1S/C37H37ClFN5O4S/c1-19(2)31(42-36(46)47-4)33(45)43-15-5-14-37(43,3)35-40-18-25(41-35)21-8-10-23-27(16-21)48-34(29-13-12-28(49-29)20-6-7-20)44-26-11-9-22(38)17-24(26)30(39)32(23)44/h8-13,16-20,31,34H,5-7,14-15H2,1-4H3,(H,40,41)(H,42,46)/t31?,34?,37-/m0/s1. The number of nitrogens with one attached hydrogen (secondary N) is 2. The van der Waals surface area contributed by atoms with Crippen LogP contribution in [-0.4, -0.2) is 51.1 Å². The fourth-order valence-corrected chi connectivity index (χ4v) is 8.71. The lowest BCUT2D eigenvalue weighted by atomic mass is 9.95. The van der Waals surface area contributed by atoms with Crippen LogP contribution in [0.1, 0.15) is 74.2 Å². The summed E-state index contributed by atoms with van der Waals surface area (Å²) in [7, 11) is 1.28. The number of carbonyl (C=O) groups excluding carboxylic acids is 2. The summed E-state index contributed by atoms with van der Waals surface area (Å²) in [5.41, 5.74) is 2.70. The second kappa shape index (κ2) is 11.9. The van der Waals surface area contributed by atoms with E-state index in [0.29, 0.717) is 52.1 Å². The third-order valence-corrected chi connectivity index (χ3v) is 11.7. The largest absolute Gasteiger partial charge is 0.464 e. The highest BCUT2D eigenvalue weighted by Crippen LogP contribution is 2.50. The molecule has 3 aromatic heterocycles. The van der Waals surface area contributed by atoms with Crippen LogP contribution in [0, 0.1) is 11.7 Å². The van der Waals surface area contributed by atoms with Gasteiger partial charge in [0.15, 0.2) is 5.82 Å². The van der Waals surface area contributed by atoms with Gasteiger partial charge in [0, 0.05) is 33.0 Å². The lowest BCUT2D eigenvalue weighted by molar-refractivity contribution is -0.138. The molecule has 8 rings (SSSR count). The van der Waals surface area contributed by atoms with Crippen LogP contribution in [0.3, 0.4) is 0 Å². The summed E-state index contributed by atoms with van der Waals surface area (Å²) < 4.78 is 29.8. The van der Waals surface area contributed by atoms with Crippen LogP contribution in [0.5, 0.6) is 5.75 Å². The molecule has 3 aliphatic rings. The van der Waals surface area contributed by atoms with Gasteiger partial charge in [-0.25, -0.2) is 14.2 Å². The number of methoxy groups -OCH3 is 1. The number of ether oxygens (including phenoxy) is 2. The number of carbonyl (C=O) groups is 2. The molecule has 2 amide bonds. The van der Waals surface area contributed by atoms with Crippen LogP contribution >= 0.6 is 22.9 Å². The fourth-order valence-electron chi connectivity index (χ4n) is 7.34. The topological polar surface area (TPSA) is 101 Å². The van der Waals surface area contributed by atoms with Gasteiger partial charge in [-0.15, -0.1) is 11.3 Å². The molecule has 2 unspecified atom stereocenters.